The van der Waals surface area contributed by atoms with Crippen LogP contribution in [0.1, 0.15) is 12.5 Å². The van der Waals surface area contributed by atoms with Crippen molar-refractivity contribution in [2.24, 2.45) is 5.73 Å². The molecule has 16 heavy (non-hydrogen) atoms. The van der Waals surface area contributed by atoms with Gasteiger partial charge in [-0.05, 0) is 13.0 Å². The highest BCUT2D eigenvalue weighted by Gasteiger charge is 2.11. The summed E-state index contributed by atoms with van der Waals surface area (Å²) >= 11 is 0. The van der Waals surface area contributed by atoms with Crippen molar-refractivity contribution in [2.75, 3.05) is 6.61 Å². The third kappa shape index (κ3) is 3.18. The van der Waals surface area contributed by atoms with Gasteiger partial charge in [0, 0.05) is 24.2 Å². The van der Waals surface area contributed by atoms with E-state index in [-0.39, 0.29) is 18.8 Å². The van der Waals surface area contributed by atoms with Gasteiger partial charge in [0.25, 0.3) is 5.69 Å². The molecule has 0 saturated carbocycles. The Morgan fingerprint density at radius 1 is 1.62 bits per heavy atom. The summed E-state index contributed by atoms with van der Waals surface area (Å²) in [6.07, 6.45) is -0.596. The van der Waals surface area contributed by atoms with Crippen molar-refractivity contribution in [3.63, 3.8) is 0 Å². The van der Waals surface area contributed by atoms with Gasteiger partial charge in [-0.1, -0.05) is 0 Å². The van der Waals surface area contributed by atoms with E-state index in [2.05, 4.69) is 0 Å². The summed E-state index contributed by atoms with van der Waals surface area (Å²) in [5.74, 6) is 0.467. The third-order valence-corrected chi connectivity index (χ3v) is 1.95. The fourth-order valence-electron chi connectivity index (χ4n) is 1.19. The van der Waals surface area contributed by atoms with Crippen LogP contribution in [0.3, 0.4) is 0 Å². The molecule has 1 atom stereocenters. The number of ether oxygens (including phenoxy) is 1. The number of non-ortho nitro benzene ring substituents is 1. The van der Waals surface area contributed by atoms with Gasteiger partial charge in [0.05, 0.1) is 11.0 Å². The number of rotatable bonds is 5. The van der Waals surface area contributed by atoms with Crippen molar-refractivity contribution in [3.8, 4) is 5.75 Å². The lowest BCUT2D eigenvalue weighted by atomic mass is 10.2. The number of nitro groups is 1. The molecule has 0 radical (unpaired) electrons. The van der Waals surface area contributed by atoms with Crippen LogP contribution in [0.2, 0.25) is 0 Å². The maximum atomic E-state index is 10.5. The molecular weight excluding hydrogens is 212 g/mol. The molecule has 1 unspecified atom stereocenters. The second kappa shape index (κ2) is 5.43. The van der Waals surface area contributed by atoms with Gasteiger partial charge in [-0.25, -0.2) is 0 Å². The van der Waals surface area contributed by atoms with Crippen LogP contribution < -0.4 is 10.5 Å². The molecule has 0 aliphatic heterocycles. The molecular formula is C10H14N2O4. The first kappa shape index (κ1) is 12.4. The third-order valence-electron chi connectivity index (χ3n) is 1.95. The average molecular weight is 226 g/mol. The number of nitrogens with zero attached hydrogens (tertiary/aromatic N) is 1. The van der Waals surface area contributed by atoms with Crippen LogP contribution in [0, 0.1) is 10.1 Å². The molecule has 3 N–H and O–H groups in total. The summed E-state index contributed by atoms with van der Waals surface area (Å²) in [4.78, 5) is 10.0. The number of hydrogen-bond donors (Lipinski definition) is 2. The van der Waals surface area contributed by atoms with E-state index in [9.17, 15) is 10.1 Å². The summed E-state index contributed by atoms with van der Waals surface area (Å²) in [7, 11) is 0. The molecule has 1 rings (SSSR count). The molecule has 0 bridgehead atoms. The van der Waals surface area contributed by atoms with Crippen molar-refractivity contribution < 1.29 is 14.8 Å². The smallest absolute Gasteiger partial charge is 0.270 e. The van der Waals surface area contributed by atoms with E-state index in [1.54, 1.807) is 6.92 Å². The summed E-state index contributed by atoms with van der Waals surface area (Å²) in [5, 5.41) is 19.6. The van der Waals surface area contributed by atoms with Crippen molar-refractivity contribution in [1.29, 1.82) is 0 Å². The molecule has 1 aromatic rings. The lowest BCUT2D eigenvalue weighted by Gasteiger charge is -2.11. The number of aliphatic hydroxyl groups excluding tert-OH is 1. The molecule has 88 valence electrons. The summed E-state index contributed by atoms with van der Waals surface area (Å²) in [6.45, 7) is 1.87. The minimum atomic E-state index is -0.596. The van der Waals surface area contributed by atoms with Crippen molar-refractivity contribution in [2.45, 2.75) is 19.6 Å². The molecule has 0 aliphatic carbocycles. The Labute approximate surface area is 92.8 Å². The molecule has 0 aliphatic rings. The molecule has 0 saturated heterocycles. The molecule has 1 aromatic carbocycles. The van der Waals surface area contributed by atoms with Crippen LogP contribution in [0.4, 0.5) is 5.69 Å². The predicted octanol–water partition coefficient (Wildman–Crippen LogP) is 0.813. The van der Waals surface area contributed by atoms with Gasteiger partial charge in [0.2, 0.25) is 0 Å². The number of nitro benzene ring substituents is 1. The highest BCUT2D eigenvalue weighted by atomic mass is 16.6. The maximum Gasteiger partial charge on any atom is 0.270 e. The zero-order valence-electron chi connectivity index (χ0n) is 8.92. The van der Waals surface area contributed by atoms with Gasteiger partial charge < -0.3 is 15.6 Å². The number of hydrogen-bond acceptors (Lipinski definition) is 5. The van der Waals surface area contributed by atoms with Crippen molar-refractivity contribution in [3.05, 3.63) is 33.9 Å². The number of nitrogens with two attached hydrogens (primary N) is 1. The SMILES string of the molecule is CC(O)COc1ccc([N+](=O)[O-])cc1CN. The Morgan fingerprint density at radius 3 is 2.81 bits per heavy atom. The standard InChI is InChI=1S/C10H14N2O4/c1-7(13)6-16-10-3-2-9(12(14)15)4-8(10)5-11/h2-4,7,13H,5-6,11H2,1H3. The van der Waals surface area contributed by atoms with Crippen molar-refractivity contribution >= 4 is 5.69 Å². The summed E-state index contributed by atoms with van der Waals surface area (Å²) in [6, 6.07) is 4.20. The second-order valence-electron chi connectivity index (χ2n) is 3.41. The predicted molar refractivity (Wildman–Crippen MR) is 58.2 cm³/mol. The average Bonchev–Trinajstić information content (AvgIpc) is 2.25. The van der Waals surface area contributed by atoms with E-state index in [4.69, 9.17) is 15.6 Å². The highest BCUT2D eigenvalue weighted by molar-refractivity contribution is 5.43. The zero-order valence-corrected chi connectivity index (χ0v) is 8.92. The zero-order chi connectivity index (χ0) is 12.1. The maximum absolute atomic E-state index is 10.5. The van der Waals surface area contributed by atoms with E-state index >= 15 is 0 Å². The van der Waals surface area contributed by atoms with Gasteiger partial charge in [-0.15, -0.1) is 0 Å². The van der Waals surface area contributed by atoms with E-state index in [0.717, 1.165) is 0 Å². The van der Waals surface area contributed by atoms with Crippen LogP contribution in [0.25, 0.3) is 0 Å². The minimum Gasteiger partial charge on any atom is -0.491 e. The Morgan fingerprint density at radius 2 is 2.31 bits per heavy atom. The van der Waals surface area contributed by atoms with Crippen LogP contribution in [0.5, 0.6) is 5.75 Å². The Hall–Kier alpha value is -1.66. The number of benzene rings is 1. The van der Waals surface area contributed by atoms with Gasteiger partial charge in [0.1, 0.15) is 12.4 Å². The molecule has 6 heteroatoms. The number of aliphatic hydroxyl groups is 1. The Bertz CT molecular complexity index is 379. The first-order valence-corrected chi connectivity index (χ1v) is 4.83. The highest BCUT2D eigenvalue weighted by Crippen LogP contribution is 2.23. The lowest BCUT2D eigenvalue weighted by molar-refractivity contribution is -0.384. The quantitative estimate of drug-likeness (QED) is 0.571. The van der Waals surface area contributed by atoms with Gasteiger partial charge in [-0.3, -0.25) is 10.1 Å². The fraction of sp³-hybridized carbons (Fsp3) is 0.400. The topological polar surface area (TPSA) is 98.6 Å². The lowest BCUT2D eigenvalue weighted by Crippen LogP contribution is -2.14. The Kier molecular flexibility index (Phi) is 4.21. The second-order valence-corrected chi connectivity index (χ2v) is 3.41. The normalized spacial score (nSPS) is 12.2. The minimum absolute atomic E-state index is 0.0233. The first-order chi connectivity index (χ1) is 7.54. The van der Waals surface area contributed by atoms with Gasteiger partial charge in [0.15, 0.2) is 0 Å². The van der Waals surface area contributed by atoms with Crippen LogP contribution in [0.15, 0.2) is 18.2 Å². The van der Waals surface area contributed by atoms with Crippen LogP contribution >= 0.6 is 0 Å². The molecule has 0 aromatic heterocycles. The van der Waals surface area contributed by atoms with E-state index in [1.165, 1.54) is 18.2 Å². The van der Waals surface area contributed by atoms with Crippen LogP contribution in [-0.2, 0) is 6.54 Å². The molecule has 0 fully saturated rings. The monoisotopic (exact) mass is 226 g/mol. The molecule has 0 heterocycles. The fourth-order valence-corrected chi connectivity index (χ4v) is 1.19. The van der Waals surface area contributed by atoms with E-state index in [0.29, 0.717) is 11.3 Å². The van der Waals surface area contributed by atoms with Gasteiger partial charge >= 0.3 is 0 Å². The molecule has 0 amide bonds. The Balaban J connectivity index is 2.89. The van der Waals surface area contributed by atoms with E-state index < -0.39 is 11.0 Å². The molecule has 6 nitrogen and oxygen atoms in total. The van der Waals surface area contributed by atoms with Crippen LogP contribution in [-0.4, -0.2) is 22.7 Å². The largest absolute Gasteiger partial charge is 0.491 e. The summed E-state index contributed by atoms with van der Waals surface area (Å²) < 4.78 is 5.27. The van der Waals surface area contributed by atoms with E-state index in [1.807, 2.05) is 0 Å². The summed E-state index contributed by atoms with van der Waals surface area (Å²) in [5.41, 5.74) is 5.99. The van der Waals surface area contributed by atoms with Crippen molar-refractivity contribution in [1.82, 2.24) is 0 Å². The van der Waals surface area contributed by atoms with Gasteiger partial charge in [-0.2, -0.15) is 0 Å². The molecule has 0 spiro atoms. The first-order valence-electron chi connectivity index (χ1n) is 4.83.